The van der Waals surface area contributed by atoms with E-state index in [1.54, 1.807) is 12.4 Å². The number of carbonyl (C=O) groups excluding carboxylic acids is 1. The quantitative estimate of drug-likeness (QED) is 0.443. The van der Waals surface area contributed by atoms with Crippen molar-refractivity contribution in [3.63, 3.8) is 0 Å². The minimum Gasteiger partial charge on any atom is -0.290 e. The Labute approximate surface area is 83.5 Å². The summed E-state index contributed by atoms with van der Waals surface area (Å²) in [6, 6.07) is 1.84. The summed E-state index contributed by atoms with van der Waals surface area (Å²) >= 11 is 5.71. The molecule has 0 unspecified atom stereocenters. The molecule has 0 fully saturated rings. The number of halogens is 1. The van der Waals surface area contributed by atoms with Crippen LogP contribution in [-0.2, 0) is 10.5 Å². The van der Waals surface area contributed by atoms with Gasteiger partial charge in [0.25, 0.3) is 0 Å². The van der Waals surface area contributed by atoms with Crippen LogP contribution in [0.3, 0.4) is 0 Å². The van der Waals surface area contributed by atoms with Gasteiger partial charge >= 0.3 is 0 Å². The molecule has 0 amide bonds. The highest BCUT2D eigenvalue weighted by Crippen LogP contribution is 2.23. The van der Waals surface area contributed by atoms with Crippen LogP contribution < -0.4 is 0 Å². The number of nitrogens with zero attached hydrogens (tertiary/aromatic N) is 1. The molecule has 0 aromatic carbocycles. The largest absolute Gasteiger partial charge is 0.290 e. The van der Waals surface area contributed by atoms with Crippen molar-refractivity contribution in [1.82, 2.24) is 4.98 Å². The van der Waals surface area contributed by atoms with Crippen LogP contribution in [0.15, 0.2) is 18.5 Å². The zero-order valence-corrected chi connectivity index (χ0v) is 8.46. The molecule has 1 rings (SSSR count). The minimum absolute atomic E-state index is 0.629. The van der Waals surface area contributed by atoms with Gasteiger partial charge in [0.1, 0.15) is 0 Å². The summed E-state index contributed by atoms with van der Waals surface area (Å²) in [5, 5.41) is 0.629. The zero-order valence-electron chi connectivity index (χ0n) is 6.07. The van der Waals surface area contributed by atoms with Crippen LogP contribution in [0.5, 0.6) is 0 Å². The van der Waals surface area contributed by atoms with Crippen molar-refractivity contribution in [2.75, 3.05) is 0 Å². The fourth-order valence-electron chi connectivity index (χ4n) is 0.665. The van der Waals surface area contributed by atoms with Crippen molar-refractivity contribution in [3.05, 3.63) is 29.0 Å². The summed E-state index contributed by atoms with van der Waals surface area (Å²) in [5.41, 5.74) is 1.84. The van der Waals surface area contributed by atoms with Gasteiger partial charge in [-0.3, -0.25) is 9.78 Å². The van der Waals surface area contributed by atoms with Gasteiger partial charge in [0.05, 0.1) is 5.02 Å². The lowest BCUT2D eigenvalue weighted by Gasteiger charge is -1.96. The number of hydrogen-bond donors (Lipinski definition) is 0. The Morgan fingerprint density at radius 2 is 2.42 bits per heavy atom. The molecule has 0 aliphatic carbocycles. The van der Waals surface area contributed by atoms with Gasteiger partial charge in [-0.15, -0.1) is 0 Å². The number of aromatic nitrogens is 1. The Bertz CT molecular complexity index is 269. The van der Waals surface area contributed by atoms with Crippen molar-refractivity contribution in [3.8, 4) is 0 Å². The second-order valence-electron chi connectivity index (χ2n) is 1.97. The van der Waals surface area contributed by atoms with E-state index in [1.165, 1.54) is 21.6 Å². The lowest BCUT2D eigenvalue weighted by molar-refractivity contribution is 0.570. The minimum atomic E-state index is 0.629. The highest BCUT2D eigenvalue weighted by Gasteiger charge is 1.95. The van der Waals surface area contributed by atoms with Gasteiger partial charge in [0.2, 0.25) is 0 Å². The second kappa shape index (κ2) is 5.45. The first-order valence-electron chi connectivity index (χ1n) is 3.14. The third-order valence-corrected chi connectivity index (χ3v) is 2.96. The number of pyridine rings is 1. The maximum Gasteiger partial charge on any atom is 0.186 e. The second-order valence-corrected chi connectivity index (χ2v) is 4.60. The zero-order chi connectivity index (χ0) is 8.81. The first-order chi connectivity index (χ1) is 5.83. The fourth-order valence-corrected chi connectivity index (χ4v) is 2.06. The Hall–Kier alpha value is -0.190. The van der Waals surface area contributed by atoms with Gasteiger partial charge in [-0.1, -0.05) is 22.4 Å². The number of rotatable bonds is 4. The SMILES string of the molecule is O=CSSCc1cncc(Cl)c1. The number of carbonyl (C=O) groups is 1. The van der Waals surface area contributed by atoms with E-state index in [0.717, 1.165) is 16.9 Å². The van der Waals surface area contributed by atoms with Crippen LogP contribution in [0, 0.1) is 0 Å². The van der Waals surface area contributed by atoms with Gasteiger partial charge in [-0.25, -0.2) is 0 Å². The summed E-state index contributed by atoms with van der Waals surface area (Å²) < 4.78 is 0. The van der Waals surface area contributed by atoms with E-state index in [1.807, 2.05) is 6.07 Å². The van der Waals surface area contributed by atoms with E-state index in [0.29, 0.717) is 5.02 Å². The van der Waals surface area contributed by atoms with E-state index in [4.69, 9.17) is 11.6 Å². The molecule has 1 aromatic rings. The van der Waals surface area contributed by atoms with E-state index >= 15 is 0 Å². The predicted molar refractivity (Wildman–Crippen MR) is 54.9 cm³/mol. The summed E-state index contributed by atoms with van der Waals surface area (Å²) in [4.78, 5) is 13.9. The van der Waals surface area contributed by atoms with Gasteiger partial charge < -0.3 is 0 Å². The lowest BCUT2D eigenvalue weighted by Crippen LogP contribution is -1.80. The van der Waals surface area contributed by atoms with Crippen LogP contribution in [0.2, 0.25) is 5.02 Å². The van der Waals surface area contributed by atoms with Crippen molar-refractivity contribution < 1.29 is 4.79 Å². The summed E-state index contributed by atoms with van der Waals surface area (Å²) in [7, 11) is 2.64. The molecular weight excluding hydrogens is 214 g/mol. The lowest BCUT2D eigenvalue weighted by atomic mass is 10.3. The predicted octanol–water partition coefficient (Wildman–Crippen LogP) is 2.81. The summed E-state index contributed by atoms with van der Waals surface area (Å²) in [5.74, 6) is 0.747. The average Bonchev–Trinajstić information content (AvgIpc) is 2.05. The third kappa shape index (κ3) is 3.47. The first-order valence-corrected chi connectivity index (χ1v) is 5.90. The summed E-state index contributed by atoms with van der Waals surface area (Å²) in [6.07, 6.45) is 3.33. The standard InChI is InChI=1S/C7H6ClNOS2/c8-7-1-6(2-9-3-7)4-11-12-5-10/h1-3,5H,4H2. The average molecular weight is 220 g/mol. The third-order valence-electron chi connectivity index (χ3n) is 1.09. The van der Waals surface area contributed by atoms with Crippen molar-refractivity contribution in [1.29, 1.82) is 0 Å². The molecule has 0 bridgehead atoms. The van der Waals surface area contributed by atoms with E-state index < -0.39 is 0 Å². The number of hydrogen-bond acceptors (Lipinski definition) is 4. The van der Waals surface area contributed by atoms with Gasteiger partial charge in [-0.2, -0.15) is 0 Å². The molecule has 12 heavy (non-hydrogen) atoms. The van der Waals surface area contributed by atoms with Crippen LogP contribution in [0.4, 0.5) is 0 Å². The topological polar surface area (TPSA) is 30.0 Å². The Balaban J connectivity index is 2.46. The van der Waals surface area contributed by atoms with Gasteiger partial charge in [-0.05, 0) is 22.4 Å². The van der Waals surface area contributed by atoms with Crippen molar-refractivity contribution in [2.45, 2.75) is 5.75 Å². The molecule has 0 radical (unpaired) electrons. The molecule has 0 aliphatic heterocycles. The monoisotopic (exact) mass is 219 g/mol. The van der Waals surface area contributed by atoms with E-state index in [2.05, 4.69) is 4.98 Å². The molecule has 0 saturated heterocycles. The molecule has 0 saturated carbocycles. The molecule has 64 valence electrons. The van der Waals surface area contributed by atoms with E-state index in [-0.39, 0.29) is 0 Å². The van der Waals surface area contributed by atoms with Crippen LogP contribution in [0.1, 0.15) is 5.56 Å². The highest BCUT2D eigenvalue weighted by atomic mass is 35.5. The normalized spacial score (nSPS) is 9.75. The smallest absolute Gasteiger partial charge is 0.186 e. The van der Waals surface area contributed by atoms with E-state index in [9.17, 15) is 4.79 Å². The molecule has 1 heterocycles. The maximum absolute atomic E-state index is 9.96. The molecule has 5 heteroatoms. The molecule has 1 aromatic heterocycles. The van der Waals surface area contributed by atoms with Crippen molar-refractivity contribution >= 4 is 38.8 Å². The van der Waals surface area contributed by atoms with Crippen molar-refractivity contribution in [2.24, 2.45) is 0 Å². The molecule has 0 aliphatic rings. The first kappa shape index (κ1) is 9.89. The molecule has 0 N–H and O–H groups in total. The Kier molecular flexibility index (Phi) is 4.50. The molecule has 0 atom stereocenters. The van der Waals surface area contributed by atoms with Crippen LogP contribution >= 0.6 is 33.2 Å². The summed E-state index contributed by atoms with van der Waals surface area (Å²) in [6.45, 7) is 0. The fraction of sp³-hybridized carbons (Fsp3) is 0.143. The van der Waals surface area contributed by atoms with Gasteiger partial charge in [0, 0.05) is 18.1 Å². The Morgan fingerprint density at radius 3 is 3.08 bits per heavy atom. The molecular formula is C7H6ClNOS2. The molecule has 0 spiro atoms. The maximum atomic E-state index is 9.96. The molecule has 2 nitrogen and oxygen atoms in total. The van der Waals surface area contributed by atoms with Crippen LogP contribution in [-0.4, -0.2) is 10.6 Å². The van der Waals surface area contributed by atoms with Crippen LogP contribution in [0.25, 0.3) is 0 Å². The van der Waals surface area contributed by atoms with Gasteiger partial charge in [0.15, 0.2) is 5.62 Å². The highest BCUT2D eigenvalue weighted by molar-refractivity contribution is 8.81. The Morgan fingerprint density at radius 1 is 1.58 bits per heavy atom.